The minimum atomic E-state index is -1.51. The third-order valence-electron chi connectivity index (χ3n) is 6.59. The van der Waals surface area contributed by atoms with Crippen molar-refractivity contribution in [2.75, 3.05) is 20.2 Å². The second-order valence-electron chi connectivity index (χ2n) is 10.5. The van der Waals surface area contributed by atoms with Gasteiger partial charge in [0.1, 0.15) is 23.3 Å². The smallest absolute Gasteiger partial charge is 0.355 e. The number of nitroso groups, excluding NO2 is 1. The Bertz CT molecular complexity index is 1250. The van der Waals surface area contributed by atoms with Crippen LogP contribution >= 0.6 is 11.3 Å². The van der Waals surface area contributed by atoms with E-state index in [1.807, 2.05) is 42.3 Å². The van der Waals surface area contributed by atoms with E-state index < -0.39 is 28.9 Å². The van der Waals surface area contributed by atoms with E-state index >= 15 is 0 Å². The van der Waals surface area contributed by atoms with Gasteiger partial charge in [-0.2, -0.15) is 4.91 Å². The Morgan fingerprint density at radius 3 is 2.54 bits per heavy atom. The fraction of sp³-hybridized carbons (Fsp3) is 0.481. The van der Waals surface area contributed by atoms with Gasteiger partial charge >= 0.3 is 5.97 Å². The van der Waals surface area contributed by atoms with Gasteiger partial charge in [0.2, 0.25) is 5.91 Å². The van der Waals surface area contributed by atoms with E-state index in [4.69, 9.17) is 19.9 Å². The number of ether oxygens (including phenoxy) is 3. The topological polar surface area (TPSA) is 121 Å². The van der Waals surface area contributed by atoms with E-state index in [0.29, 0.717) is 29.3 Å². The lowest BCUT2D eigenvalue weighted by Crippen LogP contribution is -2.50. The number of esters is 1. The molecule has 2 atom stereocenters. The number of carbonyl (C=O) groups excluding carboxylic acids is 2. The van der Waals surface area contributed by atoms with Crippen molar-refractivity contribution >= 4 is 23.2 Å². The number of fused-ring (bicyclic) bond motifs is 3. The Balaban J connectivity index is 2.05. The Labute approximate surface area is 220 Å². The van der Waals surface area contributed by atoms with E-state index in [9.17, 15) is 14.5 Å². The van der Waals surface area contributed by atoms with Gasteiger partial charge in [0.25, 0.3) is 0 Å². The third-order valence-corrected chi connectivity index (χ3v) is 7.59. The average Bonchev–Trinajstić information content (AvgIpc) is 3.42. The fourth-order valence-electron chi connectivity index (χ4n) is 5.39. The third kappa shape index (κ3) is 4.47. The molecule has 9 nitrogen and oxygen atoms in total. The SMILES string of the molecule is COc1cc2c(cc1OC(C)C)C1N(CC2)C(C(=O)OC(C)(C)C)=C(CN=O)C1(C(N)=O)c1cccs1. The summed E-state index contributed by atoms with van der Waals surface area (Å²) in [5.41, 5.74) is 6.07. The van der Waals surface area contributed by atoms with Crippen LogP contribution in [0.3, 0.4) is 0 Å². The Kier molecular flexibility index (Phi) is 7.07. The van der Waals surface area contributed by atoms with E-state index in [1.165, 1.54) is 11.3 Å². The molecule has 198 valence electrons. The number of nitrogens with two attached hydrogens (primary N) is 1. The molecule has 10 heteroatoms. The first-order valence-electron chi connectivity index (χ1n) is 12.2. The maximum Gasteiger partial charge on any atom is 0.355 e. The molecule has 0 spiro atoms. The molecule has 3 heterocycles. The van der Waals surface area contributed by atoms with Gasteiger partial charge in [0.05, 0.1) is 19.3 Å². The molecule has 2 N–H and O–H groups in total. The highest BCUT2D eigenvalue weighted by molar-refractivity contribution is 7.10. The zero-order valence-corrected chi connectivity index (χ0v) is 22.8. The van der Waals surface area contributed by atoms with Crippen molar-refractivity contribution < 1.29 is 23.8 Å². The normalized spacial score (nSPS) is 20.9. The van der Waals surface area contributed by atoms with E-state index in [-0.39, 0.29) is 23.9 Å². The number of methoxy groups -OCH3 is 1. The minimum Gasteiger partial charge on any atom is -0.493 e. The van der Waals surface area contributed by atoms with E-state index in [2.05, 4.69) is 5.18 Å². The second kappa shape index (κ2) is 9.81. The summed E-state index contributed by atoms with van der Waals surface area (Å²) in [4.78, 5) is 41.5. The van der Waals surface area contributed by atoms with Crippen LogP contribution in [-0.2, 0) is 26.2 Å². The minimum absolute atomic E-state index is 0.126. The lowest BCUT2D eigenvalue weighted by atomic mass is 9.69. The van der Waals surface area contributed by atoms with Crippen LogP contribution < -0.4 is 15.2 Å². The largest absolute Gasteiger partial charge is 0.493 e. The quantitative estimate of drug-likeness (QED) is 0.403. The molecule has 2 aromatic rings. The van der Waals surface area contributed by atoms with Crippen molar-refractivity contribution in [2.24, 2.45) is 10.9 Å². The van der Waals surface area contributed by atoms with Crippen molar-refractivity contribution in [1.29, 1.82) is 0 Å². The number of nitrogens with zero attached hydrogens (tertiary/aromatic N) is 2. The van der Waals surface area contributed by atoms with Crippen LogP contribution in [0.1, 0.15) is 56.7 Å². The molecule has 1 aromatic carbocycles. The summed E-state index contributed by atoms with van der Waals surface area (Å²) in [6, 6.07) is 6.69. The number of thiophene rings is 1. The van der Waals surface area contributed by atoms with Crippen molar-refractivity contribution in [1.82, 2.24) is 4.90 Å². The molecular weight excluding hydrogens is 494 g/mol. The van der Waals surface area contributed by atoms with Crippen molar-refractivity contribution in [3.63, 3.8) is 0 Å². The monoisotopic (exact) mass is 527 g/mol. The van der Waals surface area contributed by atoms with Crippen molar-refractivity contribution in [3.05, 3.63) is 61.8 Å². The lowest BCUT2D eigenvalue weighted by molar-refractivity contribution is -0.152. The summed E-state index contributed by atoms with van der Waals surface area (Å²) in [6.07, 6.45) is 0.441. The number of benzene rings is 1. The van der Waals surface area contributed by atoms with Gasteiger partial charge < -0.3 is 24.8 Å². The number of amides is 1. The Morgan fingerprint density at radius 2 is 2.00 bits per heavy atom. The van der Waals surface area contributed by atoms with Crippen LogP contribution in [-0.4, -0.2) is 48.7 Å². The van der Waals surface area contributed by atoms with Gasteiger partial charge in [-0.05, 0) is 75.7 Å². The number of carbonyl (C=O) groups is 2. The summed E-state index contributed by atoms with van der Waals surface area (Å²) in [5, 5.41) is 4.98. The fourth-order valence-corrected chi connectivity index (χ4v) is 6.37. The number of hydrogen-bond donors (Lipinski definition) is 1. The molecule has 1 amide bonds. The van der Waals surface area contributed by atoms with Crippen LogP contribution in [0.2, 0.25) is 0 Å². The van der Waals surface area contributed by atoms with Gasteiger partial charge in [0.15, 0.2) is 11.5 Å². The molecule has 37 heavy (non-hydrogen) atoms. The number of rotatable bonds is 8. The maximum absolute atomic E-state index is 13.6. The number of primary amides is 1. The molecule has 2 unspecified atom stereocenters. The highest BCUT2D eigenvalue weighted by atomic mass is 32.1. The summed E-state index contributed by atoms with van der Waals surface area (Å²) in [5.74, 6) is -0.193. The van der Waals surface area contributed by atoms with Crippen molar-refractivity contribution in [2.45, 2.75) is 64.2 Å². The second-order valence-corrected chi connectivity index (χ2v) is 11.4. The molecule has 0 saturated carbocycles. The zero-order chi connectivity index (χ0) is 27.1. The Hall–Kier alpha value is -3.40. The molecule has 0 radical (unpaired) electrons. The van der Waals surface area contributed by atoms with Gasteiger partial charge in [-0.1, -0.05) is 11.2 Å². The predicted molar refractivity (Wildman–Crippen MR) is 141 cm³/mol. The van der Waals surface area contributed by atoms with Crippen LogP contribution in [0.5, 0.6) is 11.5 Å². The van der Waals surface area contributed by atoms with Gasteiger partial charge in [-0.3, -0.25) is 4.79 Å². The predicted octanol–water partition coefficient (Wildman–Crippen LogP) is 4.24. The van der Waals surface area contributed by atoms with Gasteiger partial charge in [-0.15, -0.1) is 11.3 Å². The maximum atomic E-state index is 13.6. The van der Waals surface area contributed by atoms with Gasteiger partial charge in [0, 0.05) is 17.0 Å². The van der Waals surface area contributed by atoms with Crippen molar-refractivity contribution in [3.8, 4) is 11.5 Å². The summed E-state index contributed by atoms with van der Waals surface area (Å²) in [6.45, 7) is 9.15. The average molecular weight is 528 g/mol. The molecule has 0 aliphatic carbocycles. The highest BCUT2D eigenvalue weighted by Gasteiger charge is 2.62. The molecule has 2 aliphatic rings. The molecule has 4 rings (SSSR count). The van der Waals surface area contributed by atoms with E-state index in [0.717, 1.165) is 11.1 Å². The van der Waals surface area contributed by atoms with Crippen LogP contribution in [0.25, 0.3) is 0 Å². The standard InChI is InChI=1S/C27H33N3O6S/c1-15(2)35-20-13-17-16(12-19(20)34-6)9-10-30-22(24(31)36-26(3,4)5)18(14-29-33)27(23(17)30,25(28)32)21-8-7-11-37-21/h7-8,11-13,15,23H,9-10,14H2,1-6H3,(H2,28,32). The molecular formula is C27H33N3O6S. The van der Waals surface area contributed by atoms with Crippen LogP contribution in [0.4, 0.5) is 0 Å². The van der Waals surface area contributed by atoms with Crippen LogP contribution in [0, 0.1) is 4.91 Å². The summed E-state index contributed by atoms with van der Waals surface area (Å²) >= 11 is 1.34. The number of hydrogen-bond acceptors (Lipinski definition) is 9. The summed E-state index contributed by atoms with van der Waals surface area (Å²) < 4.78 is 17.4. The van der Waals surface area contributed by atoms with Gasteiger partial charge in [-0.25, -0.2) is 4.79 Å². The van der Waals surface area contributed by atoms with E-state index in [1.54, 1.807) is 33.9 Å². The molecule has 2 aliphatic heterocycles. The molecule has 0 fully saturated rings. The first-order valence-corrected chi connectivity index (χ1v) is 13.1. The first kappa shape index (κ1) is 26.7. The lowest BCUT2D eigenvalue weighted by Gasteiger charge is -2.42. The molecule has 0 saturated heterocycles. The molecule has 0 bridgehead atoms. The zero-order valence-electron chi connectivity index (χ0n) is 22.0. The molecule has 1 aromatic heterocycles. The summed E-state index contributed by atoms with van der Waals surface area (Å²) in [7, 11) is 1.58. The van der Waals surface area contributed by atoms with Crippen LogP contribution in [0.15, 0.2) is 46.1 Å². The Morgan fingerprint density at radius 1 is 1.27 bits per heavy atom. The first-order chi connectivity index (χ1) is 17.4. The highest BCUT2D eigenvalue weighted by Crippen LogP contribution is 2.58.